The molecule has 2 rings (SSSR count). The molecule has 0 atom stereocenters. The Bertz CT molecular complexity index is 734. The summed E-state index contributed by atoms with van der Waals surface area (Å²) in [6.07, 6.45) is 2.15. The number of rotatable bonds is 9. The van der Waals surface area contributed by atoms with Gasteiger partial charge in [-0.25, -0.2) is 0 Å². The van der Waals surface area contributed by atoms with E-state index in [1.54, 1.807) is 0 Å². The van der Waals surface area contributed by atoms with Crippen molar-refractivity contribution in [2.75, 3.05) is 11.1 Å². The van der Waals surface area contributed by atoms with Gasteiger partial charge in [0.25, 0.3) is 0 Å². The van der Waals surface area contributed by atoms with Crippen LogP contribution in [0.4, 0.5) is 5.69 Å². The van der Waals surface area contributed by atoms with Crippen molar-refractivity contribution in [3.8, 4) is 0 Å². The van der Waals surface area contributed by atoms with Crippen LogP contribution in [-0.2, 0) is 17.9 Å². The lowest BCUT2D eigenvalue weighted by molar-refractivity contribution is -0.119. The summed E-state index contributed by atoms with van der Waals surface area (Å²) in [5, 5.41) is 15.9. The molecule has 6 nitrogen and oxygen atoms in total. The third-order valence-electron chi connectivity index (χ3n) is 3.88. The third kappa shape index (κ3) is 7.25. The third-order valence-corrected chi connectivity index (χ3v) is 4.84. The molecule has 0 saturated heterocycles. The van der Waals surface area contributed by atoms with Crippen LogP contribution in [0.2, 0.25) is 0 Å². The quantitative estimate of drug-likeness (QED) is 0.634. The molecule has 1 aromatic carbocycles. The molecule has 2 aromatic rings. The van der Waals surface area contributed by atoms with Crippen LogP contribution in [0.5, 0.6) is 0 Å². The zero-order chi connectivity index (χ0) is 19.9. The van der Waals surface area contributed by atoms with Crippen LogP contribution in [0.3, 0.4) is 0 Å². The fourth-order valence-corrected chi connectivity index (χ4v) is 3.32. The van der Waals surface area contributed by atoms with Crippen LogP contribution < -0.4 is 10.6 Å². The summed E-state index contributed by atoms with van der Waals surface area (Å²) in [5.41, 5.74) is 2.07. The lowest BCUT2D eigenvalue weighted by Crippen LogP contribution is -2.41. The molecule has 1 heterocycles. The average molecular weight is 390 g/mol. The smallest absolute Gasteiger partial charge is 0.230 e. The molecule has 0 aliphatic heterocycles. The van der Waals surface area contributed by atoms with Crippen LogP contribution in [0.15, 0.2) is 29.4 Å². The zero-order valence-electron chi connectivity index (χ0n) is 17.0. The van der Waals surface area contributed by atoms with Gasteiger partial charge in [-0.05, 0) is 46.2 Å². The summed E-state index contributed by atoms with van der Waals surface area (Å²) in [6.45, 7) is 11.6. The van der Waals surface area contributed by atoms with Gasteiger partial charge in [-0.15, -0.1) is 10.2 Å². The van der Waals surface area contributed by atoms with E-state index in [1.165, 1.54) is 17.3 Å². The monoisotopic (exact) mass is 389 g/mol. The van der Waals surface area contributed by atoms with Gasteiger partial charge in [0.2, 0.25) is 5.91 Å². The van der Waals surface area contributed by atoms with Crippen molar-refractivity contribution in [2.45, 2.75) is 71.2 Å². The first-order valence-electron chi connectivity index (χ1n) is 9.45. The van der Waals surface area contributed by atoms with Crippen molar-refractivity contribution >= 4 is 23.4 Å². The van der Waals surface area contributed by atoms with Gasteiger partial charge in [0, 0.05) is 17.8 Å². The fraction of sp³-hybridized carbons (Fsp3) is 0.550. The number of benzene rings is 1. The molecule has 1 aromatic heterocycles. The summed E-state index contributed by atoms with van der Waals surface area (Å²) < 4.78 is 2.12. The Morgan fingerprint density at radius 3 is 2.52 bits per heavy atom. The van der Waals surface area contributed by atoms with Crippen molar-refractivity contribution in [3.63, 3.8) is 0 Å². The van der Waals surface area contributed by atoms with Gasteiger partial charge in [0.1, 0.15) is 0 Å². The van der Waals surface area contributed by atoms with Crippen molar-refractivity contribution < 1.29 is 4.79 Å². The number of nitrogens with one attached hydrogen (secondary N) is 2. The predicted molar refractivity (Wildman–Crippen MR) is 112 cm³/mol. The number of aryl methyl sites for hydroxylation is 1. The molecule has 0 aliphatic carbocycles. The fourth-order valence-electron chi connectivity index (χ4n) is 2.53. The largest absolute Gasteiger partial charge is 0.378 e. The molecular weight excluding hydrogens is 358 g/mol. The van der Waals surface area contributed by atoms with E-state index in [2.05, 4.69) is 63.5 Å². The van der Waals surface area contributed by atoms with E-state index in [9.17, 15) is 4.79 Å². The molecule has 0 saturated carbocycles. The van der Waals surface area contributed by atoms with E-state index >= 15 is 0 Å². The highest BCUT2D eigenvalue weighted by Crippen LogP contribution is 2.19. The van der Waals surface area contributed by atoms with Gasteiger partial charge in [-0.2, -0.15) is 0 Å². The number of amides is 1. The van der Waals surface area contributed by atoms with Gasteiger partial charge in [0.15, 0.2) is 11.0 Å². The molecule has 0 bridgehead atoms. The normalized spacial score (nSPS) is 11.4. The highest BCUT2D eigenvalue weighted by molar-refractivity contribution is 7.99. The highest BCUT2D eigenvalue weighted by atomic mass is 32.2. The topological polar surface area (TPSA) is 71.8 Å². The number of carbonyl (C=O) groups is 1. The second-order valence-electron chi connectivity index (χ2n) is 7.71. The van der Waals surface area contributed by atoms with E-state index in [0.29, 0.717) is 12.3 Å². The molecule has 148 valence electrons. The highest BCUT2D eigenvalue weighted by Gasteiger charge is 2.17. The molecule has 27 heavy (non-hydrogen) atoms. The minimum Gasteiger partial charge on any atom is -0.378 e. The minimum absolute atomic E-state index is 0.0110. The van der Waals surface area contributed by atoms with Crippen molar-refractivity contribution in [2.24, 2.45) is 0 Å². The van der Waals surface area contributed by atoms with Gasteiger partial charge < -0.3 is 15.2 Å². The molecule has 0 fully saturated rings. The van der Waals surface area contributed by atoms with Crippen LogP contribution in [-0.4, -0.2) is 32.0 Å². The van der Waals surface area contributed by atoms with Gasteiger partial charge in [-0.3, -0.25) is 4.79 Å². The summed E-state index contributed by atoms with van der Waals surface area (Å²) in [7, 11) is 0. The van der Waals surface area contributed by atoms with E-state index in [4.69, 9.17) is 0 Å². The SMILES string of the molecule is CCCCn1c(CNc2ccc(C)cc2)nnc1SCC(=O)NC(C)(C)C. The van der Waals surface area contributed by atoms with Crippen molar-refractivity contribution in [1.82, 2.24) is 20.1 Å². The first kappa shape index (κ1) is 21.3. The van der Waals surface area contributed by atoms with Crippen molar-refractivity contribution in [3.05, 3.63) is 35.7 Å². The average Bonchev–Trinajstić information content (AvgIpc) is 2.98. The molecule has 0 radical (unpaired) electrons. The maximum absolute atomic E-state index is 12.1. The lowest BCUT2D eigenvalue weighted by Gasteiger charge is -2.20. The van der Waals surface area contributed by atoms with Gasteiger partial charge in [-0.1, -0.05) is 42.8 Å². The number of aromatic nitrogens is 3. The standard InChI is InChI=1S/C20H31N5OS/c1-6-7-12-25-17(13-21-16-10-8-15(2)9-11-16)23-24-19(25)27-14-18(26)22-20(3,4)5/h8-11,21H,6-7,12-14H2,1-5H3,(H,22,26). The Labute approximate surface area is 166 Å². The molecule has 0 unspecified atom stereocenters. The Balaban J connectivity index is 2.02. The molecule has 0 spiro atoms. The maximum atomic E-state index is 12.1. The minimum atomic E-state index is -0.226. The van der Waals surface area contributed by atoms with E-state index < -0.39 is 0 Å². The summed E-state index contributed by atoms with van der Waals surface area (Å²) >= 11 is 1.44. The number of unbranched alkanes of at least 4 members (excludes halogenated alkanes) is 1. The van der Waals surface area contributed by atoms with Crippen molar-refractivity contribution in [1.29, 1.82) is 0 Å². The van der Waals surface area contributed by atoms with Crippen LogP contribution in [0.25, 0.3) is 0 Å². The Morgan fingerprint density at radius 1 is 1.19 bits per heavy atom. The lowest BCUT2D eigenvalue weighted by atomic mass is 10.1. The van der Waals surface area contributed by atoms with Crippen LogP contribution in [0, 0.1) is 6.92 Å². The maximum Gasteiger partial charge on any atom is 0.230 e. The molecule has 2 N–H and O–H groups in total. The van der Waals surface area contributed by atoms with E-state index in [-0.39, 0.29) is 11.4 Å². The molecule has 0 aliphatic rings. The molecular formula is C20H31N5OS. The molecule has 1 amide bonds. The van der Waals surface area contributed by atoms with Crippen LogP contribution in [0.1, 0.15) is 51.9 Å². The van der Waals surface area contributed by atoms with Crippen LogP contribution >= 0.6 is 11.8 Å². The summed E-state index contributed by atoms with van der Waals surface area (Å²) in [5.74, 6) is 1.24. The predicted octanol–water partition coefficient (Wildman–Crippen LogP) is 4.01. The first-order chi connectivity index (χ1) is 12.8. The summed E-state index contributed by atoms with van der Waals surface area (Å²) in [6, 6.07) is 8.29. The Hall–Kier alpha value is -2.02. The molecule has 7 heteroatoms. The number of carbonyl (C=O) groups excluding carboxylic acids is 1. The number of hydrogen-bond donors (Lipinski definition) is 2. The van der Waals surface area contributed by atoms with Gasteiger partial charge >= 0.3 is 0 Å². The second kappa shape index (κ2) is 9.78. The van der Waals surface area contributed by atoms with Gasteiger partial charge in [0.05, 0.1) is 12.3 Å². The van der Waals surface area contributed by atoms with E-state index in [0.717, 1.165) is 36.1 Å². The Morgan fingerprint density at radius 2 is 1.89 bits per heavy atom. The Kier molecular flexibility index (Phi) is 7.71. The number of nitrogens with zero attached hydrogens (tertiary/aromatic N) is 3. The number of thioether (sulfide) groups is 1. The summed E-state index contributed by atoms with van der Waals surface area (Å²) in [4.78, 5) is 12.1. The zero-order valence-corrected chi connectivity index (χ0v) is 17.8. The second-order valence-corrected chi connectivity index (χ2v) is 8.65. The first-order valence-corrected chi connectivity index (χ1v) is 10.4. The number of hydrogen-bond acceptors (Lipinski definition) is 5. The van der Waals surface area contributed by atoms with E-state index in [1.807, 2.05) is 20.8 Å². The number of anilines is 1.